The Morgan fingerprint density at radius 3 is 2.36 bits per heavy atom. The first-order chi connectivity index (χ1) is 18.6. The predicted molar refractivity (Wildman–Crippen MR) is 171 cm³/mol. The summed E-state index contributed by atoms with van der Waals surface area (Å²) in [6, 6.07) is 12.8. The molecule has 1 aliphatic heterocycles. The highest BCUT2D eigenvalue weighted by Gasteiger charge is 2.16. The van der Waals surface area contributed by atoms with E-state index in [2.05, 4.69) is 50.5 Å². The summed E-state index contributed by atoms with van der Waals surface area (Å²) in [6.07, 6.45) is 12.1. The number of hydrogen-bond acceptors (Lipinski definition) is 1. The zero-order chi connectivity index (χ0) is 28.8. The number of nitrogens with one attached hydrogen (secondary N) is 1. The van der Waals surface area contributed by atoms with Gasteiger partial charge in [-0.2, -0.15) is 0 Å². The van der Waals surface area contributed by atoms with Crippen molar-refractivity contribution in [1.82, 2.24) is 9.88 Å². The minimum Gasteiger partial charge on any atom is -0.361 e. The number of allylic oxidation sites excluding steroid dienone is 3. The third kappa shape index (κ3) is 11.6. The molecule has 1 fully saturated rings. The van der Waals surface area contributed by atoms with E-state index in [-0.39, 0.29) is 5.82 Å². The highest BCUT2D eigenvalue weighted by molar-refractivity contribution is 6.31. The first kappa shape index (κ1) is 32.6. The molecule has 2 heterocycles. The number of piperidine rings is 1. The molecule has 1 aromatic heterocycles. The van der Waals surface area contributed by atoms with Crippen molar-refractivity contribution < 1.29 is 4.39 Å². The Morgan fingerprint density at radius 1 is 1.10 bits per heavy atom. The van der Waals surface area contributed by atoms with Gasteiger partial charge in [-0.1, -0.05) is 75.7 Å². The number of likely N-dealkylation sites (tertiary alicyclic amines) is 1. The van der Waals surface area contributed by atoms with Crippen LogP contribution in [0.15, 0.2) is 80.0 Å². The number of nitrogens with zero attached hydrogens (tertiary/aromatic N) is 1. The number of aromatic amines is 1. The highest BCUT2D eigenvalue weighted by Crippen LogP contribution is 2.31. The third-order valence-electron chi connectivity index (χ3n) is 7.18. The second kappa shape index (κ2) is 17.2. The number of halogens is 2. The summed E-state index contributed by atoms with van der Waals surface area (Å²) in [5, 5.41) is 1.90. The van der Waals surface area contributed by atoms with Crippen molar-refractivity contribution in [3.8, 4) is 0 Å². The van der Waals surface area contributed by atoms with Crippen molar-refractivity contribution in [3.05, 3.63) is 102 Å². The molecule has 1 N–H and O–H groups in total. The molecule has 0 radical (unpaired) electrons. The Morgan fingerprint density at radius 2 is 1.74 bits per heavy atom. The maximum absolute atomic E-state index is 12.7. The first-order valence-corrected chi connectivity index (χ1v) is 14.7. The van der Waals surface area contributed by atoms with Gasteiger partial charge in [-0.3, -0.25) is 0 Å². The summed E-state index contributed by atoms with van der Waals surface area (Å²) >= 11 is 6.02. The molecule has 1 aliphatic rings. The Hall–Kier alpha value is -2.62. The largest absolute Gasteiger partial charge is 0.361 e. The summed E-state index contributed by atoms with van der Waals surface area (Å²) in [6.45, 7) is 20.6. The number of unbranched alkanes of at least 4 members (excludes halogenated alkanes) is 1. The van der Waals surface area contributed by atoms with E-state index in [4.69, 9.17) is 11.6 Å². The first-order valence-electron chi connectivity index (χ1n) is 14.3. The van der Waals surface area contributed by atoms with E-state index in [1.54, 1.807) is 18.2 Å². The van der Waals surface area contributed by atoms with Crippen molar-refractivity contribution in [2.24, 2.45) is 11.8 Å². The molecule has 2 nitrogen and oxygen atoms in total. The lowest BCUT2D eigenvalue weighted by Gasteiger charge is -2.28. The van der Waals surface area contributed by atoms with E-state index >= 15 is 0 Å². The Kier molecular flexibility index (Phi) is 14.3. The van der Waals surface area contributed by atoms with E-state index in [9.17, 15) is 4.39 Å². The Balaban J connectivity index is 0.000000259. The van der Waals surface area contributed by atoms with E-state index in [0.717, 1.165) is 57.3 Å². The minimum absolute atomic E-state index is 0.137. The van der Waals surface area contributed by atoms with Gasteiger partial charge in [0, 0.05) is 27.7 Å². The van der Waals surface area contributed by atoms with Crippen LogP contribution in [0.5, 0.6) is 0 Å². The lowest BCUT2D eigenvalue weighted by Crippen LogP contribution is -2.30. The second-order valence-corrected chi connectivity index (χ2v) is 11.5. The molecule has 0 unspecified atom stereocenters. The van der Waals surface area contributed by atoms with Gasteiger partial charge in [0.15, 0.2) is 0 Å². The summed E-state index contributed by atoms with van der Waals surface area (Å²) in [7, 11) is 2.17. The monoisotopic (exact) mass is 550 g/mol. The molecule has 39 heavy (non-hydrogen) atoms. The lowest BCUT2D eigenvalue weighted by molar-refractivity contribution is 0.219. The number of hydrogen-bond donors (Lipinski definition) is 1. The maximum atomic E-state index is 12.7. The van der Waals surface area contributed by atoms with Crippen LogP contribution < -0.4 is 0 Å². The standard InChI is InChI=1S/C19H24ClN.C13H18FN.C3H6/c1-13(2)7-5-6-8-14(3)15(4)18-12-21-19-11-16(20)9-10-17(18)19;1-15-8-6-12(7-9-15)10-11-2-4-13(14)5-3-11;1-3-2/h9-13,21H,3-8H2,1-2H3;2-5,12H,6-10H2,1H3;3H,1H2,2H3. The van der Waals surface area contributed by atoms with Gasteiger partial charge in [-0.25, -0.2) is 4.39 Å². The zero-order valence-corrected chi connectivity index (χ0v) is 25.3. The molecular formula is C35H48ClFN2. The molecule has 0 amide bonds. The van der Waals surface area contributed by atoms with E-state index in [0.29, 0.717) is 0 Å². The molecule has 0 bridgehead atoms. The van der Waals surface area contributed by atoms with Crippen LogP contribution in [0.4, 0.5) is 4.39 Å². The highest BCUT2D eigenvalue weighted by atomic mass is 35.5. The predicted octanol–water partition coefficient (Wildman–Crippen LogP) is 10.5. The molecule has 4 rings (SSSR count). The third-order valence-corrected chi connectivity index (χ3v) is 7.42. The average Bonchev–Trinajstić information content (AvgIpc) is 3.32. The van der Waals surface area contributed by atoms with Gasteiger partial charge < -0.3 is 9.88 Å². The summed E-state index contributed by atoms with van der Waals surface area (Å²) in [4.78, 5) is 5.64. The molecule has 3 aromatic rings. The average molecular weight is 551 g/mol. The molecule has 0 atom stereocenters. The molecule has 0 aliphatic carbocycles. The number of rotatable bonds is 9. The SMILES string of the molecule is C=C(CCCCC(C)C)C(=C)c1c[nH]c2cc(Cl)ccc12.C=CC.CN1CCC(Cc2ccc(F)cc2)CC1. The van der Waals surface area contributed by atoms with Gasteiger partial charge in [0.05, 0.1) is 0 Å². The topological polar surface area (TPSA) is 19.0 Å². The molecule has 0 spiro atoms. The van der Waals surface area contributed by atoms with Crippen LogP contribution >= 0.6 is 11.6 Å². The van der Waals surface area contributed by atoms with E-state index in [1.807, 2.05) is 43.5 Å². The summed E-state index contributed by atoms with van der Waals surface area (Å²) < 4.78 is 12.7. The molecule has 0 saturated carbocycles. The normalized spacial score (nSPS) is 13.8. The van der Waals surface area contributed by atoms with E-state index in [1.165, 1.54) is 50.8 Å². The van der Waals surface area contributed by atoms with Gasteiger partial charge in [0.1, 0.15) is 5.82 Å². The maximum Gasteiger partial charge on any atom is 0.123 e. The van der Waals surface area contributed by atoms with Crippen LogP contribution in [-0.4, -0.2) is 30.0 Å². The fourth-order valence-electron chi connectivity index (χ4n) is 4.80. The van der Waals surface area contributed by atoms with Crippen LogP contribution in [-0.2, 0) is 6.42 Å². The van der Waals surface area contributed by atoms with Crippen LogP contribution in [0.1, 0.15) is 70.4 Å². The van der Waals surface area contributed by atoms with Crippen molar-refractivity contribution in [2.45, 2.75) is 65.7 Å². The number of aromatic nitrogens is 1. The lowest BCUT2D eigenvalue weighted by atomic mass is 9.90. The minimum atomic E-state index is -0.137. The van der Waals surface area contributed by atoms with Gasteiger partial charge >= 0.3 is 0 Å². The van der Waals surface area contributed by atoms with Crippen LogP contribution in [0, 0.1) is 17.7 Å². The van der Waals surface area contributed by atoms with Crippen molar-refractivity contribution >= 4 is 28.1 Å². The molecule has 4 heteroatoms. The summed E-state index contributed by atoms with van der Waals surface area (Å²) in [5.74, 6) is 1.42. The van der Waals surface area contributed by atoms with E-state index < -0.39 is 0 Å². The fourth-order valence-corrected chi connectivity index (χ4v) is 4.97. The van der Waals surface area contributed by atoms with Crippen molar-refractivity contribution in [2.75, 3.05) is 20.1 Å². The smallest absolute Gasteiger partial charge is 0.123 e. The fraction of sp³-hybridized carbons (Fsp3) is 0.429. The zero-order valence-electron chi connectivity index (χ0n) is 24.5. The molecular weight excluding hydrogens is 503 g/mol. The van der Waals surface area contributed by atoms with Gasteiger partial charge in [-0.15, -0.1) is 6.58 Å². The van der Waals surface area contributed by atoms with Crippen molar-refractivity contribution in [3.63, 3.8) is 0 Å². The van der Waals surface area contributed by atoms with Gasteiger partial charge in [-0.05, 0) is 112 Å². The second-order valence-electron chi connectivity index (χ2n) is 11.1. The molecule has 212 valence electrons. The van der Waals surface area contributed by atoms with Crippen LogP contribution in [0.3, 0.4) is 0 Å². The van der Waals surface area contributed by atoms with Gasteiger partial charge in [0.2, 0.25) is 0 Å². The Bertz CT molecular complexity index is 1170. The number of H-pyrrole nitrogens is 1. The summed E-state index contributed by atoms with van der Waals surface area (Å²) in [5.41, 5.74) is 5.62. The number of fused-ring (bicyclic) bond motifs is 1. The Labute approximate surface area is 241 Å². The van der Waals surface area contributed by atoms with Crippen LogP contribution in [0.2, 0.25) is 5.02 Å². The van der Waals surface area contributed by atoms with Crippen molar-refractivity contribution in [1.29, 1.82) is 0 Å². The molecule has 1 saturated heterocycles. The quantitative estimate of drug-likeness (QED) is 0.159. The van der Waals surface area contributed by atoms with Crippen LogP contribution in [0.25, 0.3) is 16.5 Å². The molecule has 2 aromatic carbocycles. The number of benzene rings is 2. The van der Waals surface area contributed by atoms with Gasteiger partial charge in [0.25, 0.3) is 0 Å².